The summed E-state index contributed by atoms with van der Waals surface area (Å²) in [7, 11) is 0. The van der Waals surface area contributed by atoms with Gasteiger partial charge in [0.2, 0.25) is 0 Å². The summed E-state index contributed by atoms with van der Waals surface area (Å²) >= 11 is 40.9. The summed E-state index contributed by atoms with van der Waals surface area (Å²) in [4.78, 5) is 0. The van der Waals surface area contributed by atoms with Crippen LogP contribution in [0.1, 0.15) is 10.9 Å². The van der Waals surface area contributed by atoms with Crippen molar-refractivity contribution >= 4 is 81.2 Å². The number of alkyl halides is 2. The zero-order valence-corrected chi connectivity index (χ0v) is 12.2. The van der Waals surface area contributed by atoms with Gasteiger partial charge in [0.1, 0.15) is 0 Å². The molecule has 7 heteroatoms. The molecule has 0 spiro atoms. The lowest BCUT2D eigenvalue weighted by Gasteiger charge is -2.14. The van der Waals surface area contributed by atoms with E-state index in [9.17, 15) is 0 Å². The summed E-state index contributed by atoms with van der Waals surface area (Å²) in [5.41, 5.74) is 0.398. The van der Waals surface area contributed by atoms with Gasteiger partial charge in [0.15, 0.2) is 0 Å². The summed E-state index contributed by atoms with van der Waals surface area (Å²) in [6.45, 7) is 0. The van der Waals surface area contributed by atoms with Crippen molar-refractivity contribution in [2.75, 3.05) is 5.88 Å². The molecular formula is C8H3Cl7. The molecule has 0 nitrogen and oxygen atoms in total. The zero-order valence-electron chi connectivity index (χ0n) is 6.93. The number of benzene rings is 1. The van der Waals surface area contributed by atoms with E-state index in [2.05, 4.69) is 0 Å². The molecule has 0 bridgehead atoms. The molecule has 0 heterocycles. The second-order valence-corrected chi connectivity index (χ2v) is 5.33. The molecule has 1 aromatic carbocycles. The lowest BCUT2D eigenvalue weighted by molar-refractivity contribution is 1.09. The first kappa shape index (κ1) is 14.3. The molecule has 0 amide bonds. The van der Waals surface area contributed by atoms with Crippen LogP contribution in [0.2, 0.25) is 25.1 Å². The predicted octanol–water partition coefficient (Wildman–Crippen LogP) is 6.47. The molecule has 1 atom stereocenters. The van der Waals surface area contributed by atoms with E-state index in [1.54, 1.807) is 0 Å². The molecule has 0 aliphatic carbocycles. The summed E-state index contributed by atoms with van der Waals surface area (Å²) < 4.78 is 0. The fraction of sp³-hybridized carbons (Fsp3) is 0.250. The predicted molar refractivity (Wildman–Crippen MR) is 70.8 cm³/mol. The molecule has 0 saturated heterocycles. The maximum Gasteiger partial charge on any atom is 0.0809 e. The number of rotatable bonds is 2. The molecule has 0 N–H and O–H groups in total. The Labute approximate surface area is 122 Å². The molecule has 1 aromatic rings. The van der Waals surface area contributed by atoms with E-state index in [0.29, 0.717) is 5.56 Å². The van der Waals surface area contributed by atoms with Gasteiger partial charge in [-0.05, 0) is 0 Å². The van der Waals surface area contributed by atoms with E-state index in [1.807, 2.05) is 0 Å². The summed E-state index contributed by atoms with van der Waals surface area (Å²) in [6.07, 6.45) is 0. The van der Waals surface area contributed by atoms with Gasteiger partial charge in [-0.1, -0.05) is 58.0 Å². The third-order valence-electron chi connectivity index (χ3n) is 1.69. The monoisotopic (exact) mass is 344 g/mol. The molecule has 0 aliphatic rings. The lowest BCUT2D eigenvalue weighted by atomic mass is 10.1. The quantitative estimate of drug-likeness (QED) is 0.327. The van der Waals surface area contributed by atoms with Crippen LogP contribution in [0, 0.1) is 0 Å². The third-order valence-corrected chi connectivity index (χ3v) is 4.84. The highest BCUT2D eigenvalue weighted by atomic mass is 35.5. The van der Waals surface area contributed by atoms with Gasteiger partial charge in [0.05, 0.1) is 30.5 Å². The standard InChI is InChI=1S/C8H3Cl7/c9-1-2(10)3-4(11)6(13)8(15)7(14)5(3)12/h2H,1H2. The van der Waals surface area contributed by atoms with Crippen LogP contribution in [-0.2, 0) is 0 Å². The second kappa shape index (κ2) is 5.73. The van der Waals surface area contributed by atoms with Gasteiger partial charge in [-0.25, -0.2) is 0 Å². The van der Waals surface area contributed by atoms with Gasteiger partial charge < -0.3 is 0 Å². The Balaban J connectivity index is 3.52. The van der Waals surface area contributed by atoms with Crippen LogP contribution in [0.5, 0.6) is 0 Å². The van der Waals surface area contributed by atoms with Gasteiger partial charge in [0.25, 0.3) is 0 Å². The highest BCUT2D eigenvalue weighted by molar-refractivity contribution is 6.55. The SMILES string of the molecule is ClCC(Cl)c1c(Cl)c(Cl)c(Cl)c(Cl)c1Cl. The summed E-state index contributed by atoms with van der Waals surface area (Å²) in [5, 5.41) is 0.139. The molecule has 0 radical (unpaired) electrons. The van der Waals surface area contributed by atoms with Crippen LogP contribution < -0.4 is 0 Å². The van der Waals surface area contributed by atoms with Gasteiger partial charge in [-0.2, -0.15) is 0 Å². The second-order valence-electron chi connectivity index (χ2n) is 2.61. The van der Waals surface area contributed by atoms with Crippen molar-refractivity contribution in [3.8, 4) is 0 Å². The Hall–Kier alpha value is 1.25. The summed E-state index contributed by atoms with van der Waals surface area (Å²) in [5.74, 6) is 0.134. The van der Waals surface area contributed by atoms with Crippen molar-refractivity contribution in [1.29, 1.82) is 0 Å². The molecular weight excluding hydrogens is 344 g/mol. The van der Waals surface area contributed by atoms with Crippen molar-refractivity contribution in [3.63, 3.8) is 0 Å². The van der Waals surface area contributed by atoms with E-state index < -0.39 is 5.38 Å². The van der Waals surface area contributed by atoms with Crippen LogP contribution in [-0.4, -0.2) is 5.88 Å². The van der Waals surface area contributed by atoms with Gasteiger partial charge in [0, 0.05) is 11.4 Å². The molecule has 0 aliphatic heterocycles. The molecule has 1 unspecified atom stereocenters. The smallest absolute Gasteiger partial charge is 0.0809 e. The highest BCUT2D eigenvalue weighted by Gasteiger charge is 2.23. The normalized spacial score (nSPS) is 13.0. The van der Waals surface area contributed by atoms with Crippen molar-refractivity contribution in [3.05, 3.63) is 30.7 Å². The maximum absolute atomic E-state index is 5.95. The van der Waals surface area contributed by atoms with E-state index in [4.69, 9.17) is 81.2 Å². The van der Waals surface area contributed by atoms with Gasteiger partial charge >= 0.3 is 0 Å². The Morgan fingerprint density at radius 1 is 0.733 bits per heavy atom. The first-order valence-corrected chi connectivity index (χ1v) is 6.49. The fourth-order valence-corrected chi connectivity index (χ4v) is 2.87. The topological polar surface area (TPSA) is 0 Å². The van der Waals surface area contributed by atoms with Crippen LogP contribution in [0.25, 0.3) is 0 Å². The average Bonchev–Trinajstić information content (AvgIpc) is 2.23. The minimum atomic E-state index is -0.570. The third kappa shape index (κ3) is 2.74. The van der Waals surface area contributed by atoms with E-state index in [0.717, 1.165) is 0 Å². The number of hydrogen-bond donors (Lipinski definition) is 0. The maximum atomic E-state index is 5.95. The first-order valence-electron chi connectivity index (χ1n) is 3.63. The van der Waals surface area contributed by atoms with Crippen molar-refractivity contribution in [1.82, 2.24) is 0 Å². The average molecular weight is 347 g/mol. The van der Waals surface area contributed by atoms with Crippen molar-refractivity contribution in [2.45, 2.75) is 5.38 Å². The van der Waals surface area contributed by atoms with Crippen molar-refractivity contribution < 1.29 is 0 Å². The summed E-state index contributed by atoms with van der Waals surface area (Å²) in [6, 6.07) is 0. The van der Waals surface area contributed by atoms with E-state index in [-0.39, 0.29) is 31.0 Å². The Morgan fingerprint density at radius 3 is 1.40 bits per heavy atom. The van der Waals surface area contributed by atoms with Crippen LogP contribution in [0.15, 0.2) is 0 Å². The molecule has 84 valence electrons. The van der Waals surface area contributed by atoms with E-state index in [1.165, 1.54) is 0 Å². The minimum Gasteiger partial charge on any atom is -0.125 e. The first-order chi connectivity index (χ1) is 6.91. The van der Waals surface area contributed by atoms with E-state index >= 15 is 0 Å². The minimum absolute atomic E-state index is 0.107. The van der Waals surface area contributed by atoms with Gasteiger partial charge in [-0.3, -0.25) is 0 Å². The number of halogens is 7. The molecule has 0 fully saturated rings. The van der Waals surface area contributed by atoms with Crippen LogP contribution in [0.4, 0.5) is 0 Å². The van der Waals surface area contributed by atoms with Crippen LogP contribution >= 0.6 is 81.2 Å². The molecule has 0 aromatic heterocycles. The Morgan fingerprint density at radius 2 is 1.07 bits per heavy atom. The molecule has 15 heavy (non-hydrogen) atoms. The molecule has 1 rings (SSSR count). The molecule has 0 saturated carbocycles. The Kier molecular flexibility index (Phi) is 5.47. The highest BCUT2D eigenvalue weighted by Crippen LogP contribution is 2.47. The Bertz CT molecular complexity index is 358. The fourth-order valence-electron chi connectivity index (χ4n) is 0.974. The zero-order chi connectivity index (χ0) is 11.7. The lowest BCUT2D eigenvalue weighted by Crippen LogP contribution is -1.96. The van der Waals surface area contributed by atoms with Crippen molar-refractivity contribution in [2.24, 2.45) is 0 Å². The van der Waals surface area contributed by atoms with Crippen LogP contribution in [0.3, 0.4) is 0 Å². The van der Waals surface area contributed by atoms with Gasteiger partial charge in [-0.15, -0.1) is 23.2 Å². The number of hydrogen-bond acceptors (Lipinski definition) is 0. The largest absolute Gasteiger partial charge is 0.125 e.